The van der Waals surface area contributed by atoms with E-state index in [4.69, 9.17) is 4.74 Å². The number of likely N-dealkylation sites (tertiary alicyclic amines) is 1. The van der Waals surface area contributed by atoms with Crippen LogP contribution < -0.4 is 5.32 Å². The van der Waals surface area contributed by atoms with Crippen LogP contribution in [0.2, 0.25) is 0 Å². The van der Waals surface area contributed by atoms with Gasteiger partial charge in [-0.25, -0.2) is 4.79 Å². The summed E-state index contributed by atoms with van der Waals surface area (Å²) < 4.78 is 5.25. The summed E-state index contributed by atoms with van der Waals surface area (Å²) in [5, 5.41) is 2.80. The lowest BCUT2D eigenvalue weighted by Gasteiger charge is -2.24. The van der Waals surface area contributed by atoms with Crippen molar-refractivity contribution in [3.8, 4) is 0 Å². The molecule has 0 aromatic heterocycles. The molecule has 92 valence electrons. The fourth-order valence-electron chi connectivity index (χ4n) is 1.66. The lowest BCUT2D eigenvalue weighted by Crippen LogP contribution is -2.39. The molecular formula is C11H20N2O3. The van der Waals surface area contributed by atoms with Gasteiger partial charge in [0, 0.05) is 26.1 Å². The SMILES string of the molecule is CC(=O)N[C@@H]1CCN(C(=O)OC(C)(C)C)C1. The second kappa shape index (κ2) is 4.72. The minimum atomic E-state index is -0.469. The molecule has 0 bridgehead atoms. The molecule has 5 heteroatoms. The molecule has 0 saturated carbocycles. The molecule has 0 aromatic rings. The summed E-state index contributed by atoms with van der Waals surface area (Å²) in [6, 6.07) is 0.0602. The number of hydrogen-bond donors (Lipinski definition) is 1. The molecule has 1 N–H and O–H groups in total. The highest BCUT2D eigenvalue weighted by atomic mass is 16.6. The third-order valence-corrected chi connectivity index (χ3v) is 2.25. The summed E-state index contributed by atoms with van der Waals surface area (Å²) in [4.78, 5) is 24.2. The fourth-order valence-corrected chi connectivity index (χ4v) is 1.66. The quantitative estimate of drug-likeness (QED) is 0.732. The van der Waals surface area contributed by atoms with E-state index in [1.54, 1.807) is 4.90 Å². The minimum absolute atomic E-state index is 0.0592. The van der Waals surface area contributed by atoms with Crippen LogP contribution in [0.3, 0.4) is 0 Å². The van der Waals surface area contributed by atoms with Crippen molar-refractivity contribution in [2.45, 2.75) is 45.8 Å². The second-order valence-electron chi connectivity index (χ2n) is 5.11. The Labute approximate surface area is 96.1 Å². The molecule has 1 saturated heterocycles. The Hall–Kier alpha value is -1.26. The van der Waals surface area contributed by atoms with Crippen LogP contribution in [0.25, 0.3) is 0 Å². The van der Waals surface area contributed by atoms with Crippen LogP contribution in [0.5, 0.6) is 0 Å². The predicted molar refractivity (Wildman–Crippen MR) is 60.0 cm³/mol. The monoisotopic (exact) mass is 228 g/mol. The van der Waals surface area contributed by atoms with E-state index in [-0.39, 0.29) is 18.0 Å². The van der Waals surface area contributed by atoms with Gasteiger partial charge in [-0.05, 0) is 27.2 Å². The molecule has 0 aromatic carbocycles. The van der Waals surface area contributed by atoms with Crippen LogP contribution in [0.15, 0.2) is 0 Å². The van der Waals surface area contributed by atoms with Crippen molar-refractivity contribution in [3.63, 3.8) is 0 Å². The van der Waals surface area contributed by atoms with Gasteiger partial charge in [-0.1, -0.05) is 0 Å². The molecule has 0 aliphatic carbocycles. The van der Waals surface area contributed by atoms with Crippen molar-refractivity contribution in [2.75, 3.05) is 13.1 Å². The summed E-state index contributed by atoms with van der Waals surface area (Å²) in [5.41, 5.74) is -0.469. The van der Waals surface area contributed by atoms with Crippen molar-refractivity contribution >= 4 is 12.0 Å². The number of ether oxygens (including phenoxy) is 1. The van der Waals surface area contributed by atoms with Crippen molar-refractivity contribution in [3.05, 3.63) is 0 Å². The van der Waals surface area contributed by atoms with Crippen LogP contribution in [-0.4, -0.2) is 41.6 Å². The molecule has 1 heterocycles. The molecule has 1 aliphatic rings. The highest BCUT2D eigenvalue weighted by molar-refractivity contribution is 5.73. The van der Waals surface area contributed by atoms with Gasteiger partial charge in [0.15, 0.2) is 0 Å². The Morgan fingerprint density at radius 3 is 2.50 bits per heavy atom. The summed E-state index contributed by atoms with van der Waals surface area (Å²) >= 11 is 0. The molecule has 1 aliphatic heterocycles. The molecule has 5 nitrogen and oxygen atoms in total. The van der Waals surface area contributed by atoms with Crippen LogP contribution >= 0.6 is 0 Å². The summed E-state index contributed by atoms with van der Waals surface area (Å²) in [5.74, 6) is -0.0592. The Kier molecular flexibility index (Phi) is 3.78. The first-order valence-electron chi connectivity index (χ1n) is 5.53. The van der Waals surface area contributed by atoms with Gasteiger partial charge < -0.3 is 15.0 Å². The fraction of sp³-hybridized carbons (Fsp3) is 0.818. The van der Waals surface area contributed by atoms with Crippen molar-refractivity contribution in [2.24, 2.45) is 0 Å². The molecule has 2 amide bonds. The van der Waals surface area contributed by atoms with Crippen molar-refractivity contribution < 1.29 is 14.3 Å². The van der Waals surface area contributed by atoms with E-state index >= 15 is 0 Å². The van der Waals surface area contributed by atoms with E-state index in [2.05, 4.69) is 5.32 Å². The molecule has 1 rings (SSSR count). The summed E-state index contributed by atoms with van der Waals surface area (Å²) in [7, 11) is 0. The standard InChI is InChI=1S/C11H20N2O3/c1-8(14)12-9-5-6-13(7-9)10(15)16-11(2,3)4/h9H,5-7H2,1-4H3,(H,12,14)/t9-/m1/s1. The summed E-state index contributed by atoms with van der Waals surface area (Å²) in [6.45, 7) is 8.18. The molecule has 1 fully saturated rings. The maximum absolute atomic E-state index is 11.7. The maximum Gasteiger partial charge on any atom is 0.410 e. The van der Waals surface area contributed by atoms with Crippen molar-refractivity contribution in [1.29, 1.82) is 0 Å². The first-order valence-corrected chi connectivity index (χ1v) is 5.53. The van der Waals surface area contributed by atoms with E-state index in [0.29, 0.717) is 13.1 Å². The van der Waals surface area contributed by atoms with Crippen molar-refractivity contribution in [1.82, 2.24) is 10.2 Å². The molecular weight excluding hydrogens is 208 g/mol. The molecule has 0 radical (unpaired) electrons. The number of nitrogens with one attached hydrogen (secondary N) is 1. The van der Waals surface area contributed by atoms with Gasteiger partial charge >= 0.3 is 6.09 Å². The van der Waals surface area contributed by atoms with Crippen LogP contribution in [-0.2, 0) is 9.53 Å². The highest BCUT2D eigenvalue weighted by Crippen LogP contribution is 2.15. The Morgan fingerprint density at radius 1 is 1.38 bits per heavy atom. The Morgan fingerprint density at radius 2 is 2.00 bits per heavy atom. The van der Waals surface area contributed by atoms with Crippen LogP contribution in [0.1, 0.15) is 34.1 Å². The van der Waals surface area contributed by atoms with Gasteiger partial charge in [-0.2, -0.15) is 0 Å². The molecule has 0 unspecified atom stereocenters. The van der Waals surface area contributed by atoms with E-state index in [1.807, 2.05) is 20.8 Å². The van der Waals surface area contributed by atoms with E-state index in [9.17, 15) is 9.59 Å². The molecule has 1 atom stereocenters. The van der Waals surface area contributed by atoms with Gasteiger partial charge in [-0.15, -0.1) is 0 Å². The zero-order chi connectivity index (χ0) is 12.3. The van der Waals surface area contributed by atoms with Gasteiger partial charge in [0.05, 0.1) is 0 Å². The topological polar surface area (TPSA) is 58.6 Å². The Balaban J connectivity index is 2.41. The normalized spacial score (nSPS) is 20.8. The number of carbonyl (C=O) groups excluding carboxylic acids is 2. The lowest BCUT2D eigenvalue weighted by atomic mass is 10.2. The second-order valence-corrected chi connectivity index (χ2v) is 5.11. The Bertz CT molecular complexity index is 283. The van der Waals surface area contributed by atoms with Crippen LogP contribution in [0, 0.1) is 0 Å². The van der Waals surface area contributed by atoms with E-state index in [0.717, 1.165) is 6.42 Å². The van der Waals surface area contributed by atoms with E-state index in [1.165, 1.54) is 6.92 Å². The number of amides is 2. The number of carbonyl (C=O) groups is 2. The zero-order valence-electron chi connectivity index (χ0n) is 10.4. The average molecular weight is 228 g/mol. The van der Waals surface area contributed by atoms with Gasteiger partial charge in [0.1, 0.15) is 5.60 Å². The zero-order valence-corrected chi connectivity index (χ0v) is 10.4. The number of hydrogen-bond acceptors (Lipinski definition) is 3. The van der Waals surface area contributed by atoms with Gasteiger partial charge in [0.25, 0.3) is 0 Å². The smallest absolute Gasteiger partial charge is 0.410 e. The molecule has 16 heavy (non-hydrogen) atoms. The highest BCUT2D eigenvalue weighted by Gasteiger charge is 2.29. The predicted octanol–water partition coefficient (Wildman–Crippen LogP) is 1.13. The van der Waals surface area contributed by atoms with E-state index < -0.39 is 5.60 Å². The number of nitrogens with zero attached hydrogens (tertiary/aromatic N) is 1. The third-order valence-electron chi connectivity index (χ3n) is 2.25. The first kappa shape index (κ1) is 12.8. The summed E-state index contributed by atoms with van der Waals surface area (Å²) in [6.07, 6.45) is 0.485. The number of rotatable bonds is 1. The third kappa shape index (κ3) is 4.08. The lowest BCUT2D eigenvalue weighted by molar-refractivity contribution is -0.119. The largest absolute Gasteiger partial charge is 0.444 e. The average Bonchev–Trinajstić information content (AvgIpc) is 2.48. The first-order chi connectivity index (χ1) is 7.28. The minimum Gasteiger partial charge on any atom is -0.444 e. The van der Waals surface area contributed by atoms with Gasteiger partial charge in [-0.3, -0.25) is 4.79 Å². The maximum atomic E-state index is 11.7. The molecule has 0 spiro atoms. The van der Waals surface area contributed by atoms with Crippen LogP contribution in [0.4, 0.5) is 4.79 Å². The van der Waals surface area contributed by atoms with Gasteiger partial charge in [0.2, 0.25) is 5.91 Å².